The molecule has 0 aliphatic carbocycles. The van der Waals surface area contributed by atoms with Gasteiger partial charge in [-0.25, -0.2) is 4.98 Å². The minimum Gasteiger partial charge on any atom is -0.356 e. The maximum atomic E-state index is 11.7. The summed E-state index contributed by atoms with van der Waals surface area (Å²) in [6.45, 7) is 2.68. The number of pyridine rings is 1. The van der Waals surface area contributed by atoms with Gasteiger partial charge in [0, 0.05) is 35.9 Å². The molecule has 100 valence electrons. The SMILES string of the molecule is Cc1csc(CCCNC(=O)Cc2ccccn2)n1. The summed E-state index contributed by atoms with van der Waals surface area (Å²) in [5, 5.41) is 6.09. The number of amides is 1. The minimum absolute atomic E-state index is 0.0222. The fraction of sp³-hybridized carbons (Fsp3) is 0.357. The Hall–Kier alpha value is -1.75. The molecule has 2 aromatic heterocycles. The van der Waals surface area contributed by atoms with Gasteiger partial charge in [-0.15, -0.1) is 11.3 Å². The van der Waals surface area contributed by atoms with Crippen LogP contribution in [0.1, 0.15) is 22.8 Å². The number of aryl methyl sites for hydroxylation is 2. The fourth-order valence-electron chi connectivity index (χ4n) is 1.71. The molecule has 0 atom stereocenters. The van der Waals surface area contributed by atoms with E-state index in [0.29, 0.717) is 13.0 Å². The molecule has 2 rings (SSSR count). The summed E-state index contributed by atoms with van der Waals surface area (Å²) in [4.78, 5) is 20.2. The second kappa shape index (κ2) is 6.99. The molecule has 0 unspecified atom stereocenters. The van der Waals surface area contributed by atoms with Crippen LogP contribution in [0.5, 0.6) is 0 Å². The summed E-state index contributed by atoms with van der Waals surface area (Å²) >= 11 is 1.68. The highest BCUT2D eigenvalue weighted by Gasteiger charge is 2.04. The van der Waals surface area contributed by atoms with Crippen molar-refractivity contribution in [3.63, 3.8) is 0 Å². The summed E-state index contributed by atoms with van der Waals surface area (Å²) < 4.78 is 0. The average Bonchev–Trinajstić information content (AvgIpc) is 2.82. The van der Waals surface area contributed by atoms with Crippen molar-refractivity contribution in [1.82, 2.24) is 15.3 Å². The summed E-state index contributed by atoms with van der Waals surface area (Å²) in [6.07, 6.45) is 3.88. The highest BCUT2D eigenvalue weighted by Crippen LogP contribution is 2.10. The van der Waals surface area contributed by atoms with Crippen LogP contribution in [0.3, 0.4) is 0 Å². The molecule has 2 heterocycles. The van der Waals surface area contributed by atoms with Gasteiger partial charge in [0.15, 0.2) is 0 Å². The number of thiazole rings is 1. The van der Waals surface area contributed by atoms with Crippen LogP contribution in [0.25, 0.3) is 0 Å². The number of hydrogen-bond acceptors (Lipinski definition) is 4. The van der Waals surface area contributed by atoms with Gasteiger partial charge in [-0.2, -0.15) is 0 Å². The van der Waals surface area contributed by atoms with Gasteiger partial charge >= 0.3 is 0 Å². The molecule has 0 fully saturated rings. The lowest BCUT2D eigenvalue weighted by Gasteiger charge is -2.03. The third-order valence-electron chi connectivity index (χ3n) is 2.62. The predicted octanol–water partition coefficient (Wildman–Crippen LogP) is 2.14. The fourth-order valence-corrected chi connectivity index (χ4v) is 2.53. The molecule has 0 aliphatic rings. The van der Waals surface area contributed by atoms with Gasteiger partial charge in [0.25, 0.3) is 0 Å². The van der Waals surface area contributed by atoms with Crippen molar-refractivity contribution in [2.75, 3.05) is 6.54 Å². The molecule has 0 aromatic carbocycles. The summed E-state index contributed by atoms with van der Waals surface area (Å²) in [5.41, 5.74) is 1.87. The zero-order chi connectivity index (χ0) is 13.5. The van der Waals surface area contributed by atoms with Gasteiger partial charge in [0.1, 0.15) is 0 Å². The Balaban J connectivity index is 1.64. The van der Waals surface area contributed by atoms with Crippen LogP contribution in [0, 0.1) is 6.92 Å². The Kier molecular flexibility index (Phi) is 5.03. The van der Waals surface area contributed by atoms with Crippen LogP contribution in [-0.2, 0) is 17.6 Å². The lowest BCUT2D eigenvalue weighted by atomic mass is 10.2. The first kappa shape index (κ1) is 13.7. The minimum atomic E-state index is 0.0222. The number of hydrogen-bond donors (Lipinski definition) is 1. The van der Waals surface area contributed by atoms with E-state index in [1.807, 2.05) is 25.1 Å². The smallest absolute Gasteiger partial charge is 0.226 e. The van der Waals surface area contributed by atoms with Crippen LogP contribution in [0.15, 0.2) is 29.8 Å². The average molecular weight is 275 g/mol. The molecule has 2 aromatic rings. The Morgan fingerprint density at radius 1 is 1.42 bits per heavy atom. The van der Waals surface area contributed by atoms with Crippen LogP contribution in [0.4, 0.5) is 0 Å². The van der Waals surface area contributed by atoms with Crippen LogP contribution >= 0.6 is 11.3 Å². The predicted molar refractivity (Wildman–Crippen MR) is 76.1 cm³/mol. The number of rotatable bonds is 6. The van der Waals surface area contributed by atoms with Gasteiger partial charge in [-0.05, 0) is 25.5 Å². The monoisotopic (exact) mass is 275 g/mol. The van der Waals surface area contributed by atoms with E-state index in [1.165, 1.54) is 0 Å². The van der Waals surface area contributed by atoms with Crippen molar-refractivity contribution in [3.05, 3.63) is 46.2 Å². The first-order valence-corrected chi connectivity index (χ1v) is 7.19. The van der Waals surface area contributed by atoms with E-state index in [0.717, 1.165) is 29.2 Å². The zero-order valence-corrected chi connectivity index (χ0v) is 11.7. The number of carbonyl (C=O) groups excluding carboxylic acids is 1. The van der Waals surface area contributed by atoms with E-state index in [4.69, 9.17) is 0 Å². The number of nitrogens with one attached hydrogen (secondary N) is 1. The molecule has 4 nitrogen and oxygen atoms in total. The zero-order valence-electron chi connectivity index (χ0n) is 10.9. The Labute approximate surface area is 116 Å². The maximum absolute atomic E-state index is 11.7. The van der Waals surface area contributed by atoms with E-state index in [2.05, 4.69) is 20.7 Å². The molecule has 0 spiro atoms. The van der Waals surface area contributed by atoms with E-state index in [1.54, 1.807) is 17.5 Å². The largest absolute Gasteiger partial charge is 0.356 e. The molecule has 0 radical (unpaired) electrons. The molecule has 5 heteroatoms. The van der Waals surface area contributed by atoms with Crippen molar-refractivity contribution < 1.29 is 4.79 Å². The van der Waals surface area contributed by atoms with Crippen molar-refractivity contribution in [1.29, 1.82) is 0 Å². The molecule has 0 saturated carbocycles. The van der Waals surface area contributed by atoms with E-state index < -0.39 is 0 Å². The van der Waals surface area contributed by atoms with Gasteiger partial charge in [-0.3, -0.25) is 9.78 Å². The van der Waals surface area contributed by atoms with Gasteiger partial charge < -0.3 is 5.32 Å². The molecular formula is C14H17N3OS. The molecule has 0 aliphatic heterocycles. The molecule has 1 N–H and O–H groups in total. The summed E-state index contributed by atoms with van der Waals surface area (Å²) in [6, 6.07) is 5.59. The molecule has 19 heavy (non-hydrogen) atoms. The maximum Gasteiger partial charge on any atom is 0.226 e. The Morgan fingerprint density at radius 3 is 3.00 bits per heavy atom. The van der Waals surface area contributed by atoms with E-state index >= 15 is 0 Å². The normalized spacial score (nSPS) is 10.4. The van der Waals surface area contributed by atoms with Crippen molar-refractivity contribution in [2.45, 2.75) is 26.2 Å². The second-order valence-electron chi connectivity index (χ2n) is 4.33. The third-order valence-corrected chi connectivity index (χ3v) is 3.65. The van der Waals surface area contributed by atoms with E-state index in [9.17, 15) is 4.79 Å². The Morgan fingerprint density at radius 2 is 2.32 bits per heavy atom. The standard InChI is InChI=1S/C14H17N3OS/c1-11-10-19-14(17-11)6-4-8-16-13(18)9-12-5-2-3-7-15-12/h2-3,5,7,10H,4,6,8-9H2,1H3,(H,16,18). The number of carbonyl (C=O) groups is 1. The molecule has 1 amide bonds. The van der Waals surface area contributed by atoms with Crippen molar-refractivity contribution in [3.8, 4) is 0 Å². The van der Waals surface area contributed by atoms with E-state index in [-0.39, 0.29) is 5.91 Å². The third kappa shape index (κ3) is 4.79. The first-order chi connectivity index (χ1) is 9.24. The molecule has 0 bridgehead atoms. The van der Waals surface area contributed by atoms with Gasteiger partial charge in [0.2, 0.25) is 5.91 Å². The quantitative estimate of drug-likeness (QED) is 0.822. The summed E-state index contributed by atoms with van der Waals surface area (Å²) in [5.74, 6) is 0.0222. The summed E-state index contributed by atoms with van der Waals surface area (Å²) in [7, 11) is 0. The lowest BCUT2D eigenvalue weighted by Crippen LogP contribution is -2.26. The van der Waals surface area contributed by atoms with Gasteiger partial charge in [0.05, 0.1) is 11.4 Å². The Bertz CT molecular complexity index is 524. The molecular weight excluding hydrogens is 258 g/mol. The molecule has 0 saturated heterocycles. The highest BCUT2D eigenvalue weighted by atomic mass is 32.1. The number of aromatic nitrogens is 2. The first-order valence-electron chi connectivity index (χ1n) is 6.31. The second-order valence-corrected chi connectivity index (χ2v) is 5.28. The van der Waals surface area contributed by atoms with Crippen molar-refractivity contribution >= 4 is 17.2 Å². The van der Waals surface area contributed by atoms with Crippen LogP contribution in [-0.4, -0.2) is 22.4 Å². The number of nitrogens with zero attached hydrogens (tertiary/aromatic N) is 2. The topological polar surface area (TPSA) is 54.9 Å². The van der Waals surface area contributed by atoms with Crippen LogP contribution in [0.2, 0.25) is 0 Å². The highest BCUT2D eigenvalue weighted by molar-refractivity contribution is 7.09. The lowest BCUT2D eigenvalue weighted by molar-refractivity contribution is -0.120. The van der Waals surface area contributed by atoms with Gasteiger partial charge in [-0.1, -0.05) is 6.07 Å². The van der Waals surface area contributed by atoms with Crippen LogP contribution < -0.4 is 5.32 Å². The van der Waals surface area contributed by atoms with Crippen molar-refractivity contribution in [2.24, 2.45) is 0 Å².